The summed E-state index contributed by atoms with van der Waals surface area (Å²) in [6.07, 6.45) is 0. The van der Waals surface area contributed by atoms with Crippen molar-refractivity contribution >= 4 is 86.6 Å². The number of hydrogen-bond donors (Lipinski definition) is 0. The molecule has 1 nitrogen and oxygen atoms in total. The van der Waals surface area contributed by atoms with Gasteiger partial charge in [0.25, 0.3) is 0 Å². The highest BCUT2D eigenvalue weighted by Crippen LogP contribution is 2.41. The molecule has 11 aromatic rings. The third-order valence-electron chi connectivity index (χ3n) is 10.6. The quantitative estimate of drug-likeness (QED) is 0.175. The minimum Gasteiger partial charge on any atom is -0.456 e. The summed E-state index contributed by atoms with van der Waals surface area (Å²) in [4.78, 5) is 0. The van der Waals surface area contributed by atoms with Crippen molar-refractivity contribution in [3.63, 3.8) is 0 Å². The molecule has 0 N–H and O–H groups in total. The molecule has 0 saturated carbocycles. The van der Waals surface area contributed by atoms with Crippen LogP contribution in [0, 0.1) is 0 Å². The second-order valence-corrected chi connectivity index (χ2v) is 13.2. The van der Waals surface area contributed by atoms with Gasteiger partial charge in [0.05, 0.1) is 0 Å². The first-order chi connectivity index (χ1) is 24.3. The Bertz CT molecular complexity index is 2880. The maximum absolute atomic E-state index is 6.39. The number of furan rings is 1. The fraction of sp³-hybridized carbons (Fsp3) is 0. The van der Waals surface area contributed by atoms with Crippen LogP contribution in [0.4, 0.5) is 0 Å². The average Bonchev–Trinajstić information content (AvgIpc) is 3.55. The molecule has 0 bridgehead atoms. The van der Waals surface area contributed by atoms with Crippen LogP contribution < -0.4 is 0 Å². The summed E-state index contributed by atoms with van der Waals surface area (Å²) >= 11 is 0. The van der Waals surface area contributed by atoms with Gasteiger partial charge >= 0.3 is 0 Å². The van der Waals surface area contributed by atoms with Gasteiger partial charge in [-0.15, -0.1) is 0 Å². The summed E-state index contributed by atoms with van der Waals surface area (Å²) in [5, 5.41) is 17.7. The van der Waals surface area contributed by atoms with Gasteiger partial charge in [0.2, 0.25) is 0 Å². The van der Waals surface area contributed by atoms with Crippen LogP contribution in [0.1, 0.15) is 0 Å². The van der Waals surface area contributed by atoms with Gasteiger partial charge in [0.1, 0.15) is 11.2 Å². The van der Waals surface area contributed by atoms with Crippen LogP contribution in [-0.4, -0.2) is 0 Å². The molecule has 0 radical (unpaired) electrons. The van der Waals surface area contributed by atoms with Gasteiger partial charge in [-0.05, 0) is 123 Å². The van der Waals surface area contributed by atoms with Crippen molar-refractivity contribution in [3.8, 4) is 22.3 Å². The highest BCUT2D eigenvalue weighted by Gasteiger charge is 2.14. The molecule has 0 unspecified atom stereocenters. The van der Waals surface area contributed by atoms with E-state index in [0.29, 0.717) is 0 Å². The second kappa shape index (κ2) is 10.0. The molecule has 11 rings (SSSR count). The molecule has 49 heavy (non-hydrogen) atoms. The highest BCUT2D eigenvalue weighted by molar-refractivity contribution is 6.27. The molecule has 0 atom stereocenters. The molecule has 0 aliphatic carbocycles. The Labute approximate surface area is 282 Å². The minimum atomic E-state index is 0.907. The molecule has 0 aliphatic rings. The van der Waals surface area contributed by atoms with Crippen molar-refractivity contribution in [1.82, 2.24) is 0 Å². The molecule has 0 amide bonds. The zero-order chi connectivity index (χ0) is 32.1. The first kappa shape index (κ1) is 26.6. The molecule has 0 fully saturated rings. The standard InChI is InChI=1S/C48H28O/c1-3-13-37-33(9-1)35-11-5-7-15-39(35)43-25-29(17-21-41(37)43)31-19-23-47-45(27-31)46-28-32(20-24-48(46)49-47)30-18-22-42-38-14-4-2-10-34(38)36-12-6-8-16-40(36)44(42)26-30/h1-28H. The lowest BCUT2D eigenvalue weighted by atomic mass is 9.91. The van der Waals surface area contributed by atoms with E-state index in [1.165, 1.54) is 86.9 Å². The molecule has 1 aromatic heterocycles. The normalized spacial score (nSPS) is 12.1. The SMILES string of the molecule is c1ccc2c(c1)c1ccccc1c1cc(-c3ccc4oc5ccc(-c6ccc7c8ccccc8c8ccccc8c7c6)cc5c4c3)ccc21. The number of hydrogen-bond acceptors (Lipinski definition) is 1. The summed E-state index contributed by atoms with van der Waals surface area (Å²) in [5.74, 6) is 0. The lowest BCUT2D eigenvalue weighted by molar-refractivity contribution is 0.669. The molecule has 0 spiro atoms. The van der Waals surface area contributed by atoms with Crippen LogP contribution >= 0.6 is 0 Å². The Morgan fingerprint density at radius 3 is 0.776 bits per heavy atom. The van der Waals surface area contributed by atoms with E-state index >= 15 is 0 Å². The molecule has 0 saturated heterocycles. The van der Waals surface area contributed by atoms with Gasteiger partial charge < -0.3 is 4.42 Å². The summed E-state index contributed by atoms with van der Waals surface area (Å²) < 4.78 is 6.39. The Hall–Kier alpha value is -6.44. The largest absolute Gasteiger partial charge is 0.456 e. The first-order valence-electron chi connectivity index (χ1n) is 16.9. The third kappa shape index (κ3) is 3.87. The zero-order valence-corrected chi connectivity index (χ0v) is 26.6. The van der Waals surface area contributed by atoms with E-state index in [4.69, 9.17) is 4.42 Å². The molecule has 0 aliphatic heterocycles. The number of rotatable bonds is 2. The lowest BCUT2D eigenvalue weighted by Gasteiger charge is -2.12. The fourth-order valence-electron chi connectivity index (χ4n) is 8.31. The van der Waals surface area contributed by atoms with Crippen molar-refractivity contribution in [2.24, 2.45) is 0 Å². The van der Waals surface area contributed by atoms with E-state index in [-0.39, 0.29) is 0 Å². The van der Waals surface area contributed by atoms with Crippen LogP contribution in [0.25, 0.3) is 109 Å². The van der Waals surface area contributed by atoms with Gasteiger partial charge in [-0.25, -0.2) is 0 Å². The van der Waals surface area contributed by atoms with Crippen molar-refractivity contribution in [2.45, 2.75) is 0 Å². The van der Waals surface area contributed by atoms with Crippen LogP contribution in [0.5, 0.6) is 0 Å². The van der Waals surface area contributed by atoms with E-state index in [1.807, 2.05) is 0 Å². The molecule has 10 aromatic carbocycles. The maximum Gasteiger partial charge on any atom is 0.135 e. The monoisotopic (exact) mass is 620 g/mol. The Morgan fingerprint density at radius 1 is 0.204 bits per heavy atom. The Balaban J connectivity index is 1.08. The molecule has 1 heterocycles. The van der Waals surface area contributed by atoms with E-state index in [1.54, 1.807) is 0 Å². The van der Waals surface area contributed by atoms with Crippen molar-refractivity contribution in [3.05, 3.63) is 170 Å². The van der Waals surface area contributed by atoms with Crippen molar-refractivity contribution in [1.29, 1.82) is 0 Å². The molecule has 226 valence electrons. The van der Waals surface area contributed by atoms with Gasteiger partial charge in [0, 0.05) is 10.8 Å². The third-order valence-corrected chi connectivity index (χ3v) is 10.6. The smallest absolute Gasteiger partial charge is 0.135 e. The lowest BCUT2D eigenvalue weighted by Crippen LogP contribution is -1.85. The molecule has 1 heteroatoms. The summed E-state index contributed by atoms with van der Waals surface area (Å²) in [6, 6.07) is 62.1. The van der Waals surface area contributed by atoms with Crippen molar-refractivity contribution in [2.75, 3.05) is 0 Å². The minimum absolute atomic E-state index is 0.907. The maximum atomic E-state index is 6.39. The van der Waals surface area contributed by atoms with Gasteiger partial charge in [0.15, 0.2) is 0 Å². The summed E-state index contributed by atoms with van der Waals surface area (Å²) in [6.45, 7) is 0. The van der Waals surface area contributed by atoms with Crippen molar-refractivity contribution < 1.29 is 4.42 Å². The predicted octanol–water partition coefficient (Wildman–Crippen LogP) is 13.8. The van der Waals surface area contributed by atoms with Gasteiger partial charge in [-0.3, -0.25) is 0 Å². The van der Waals surface area contributed by atoms with Crippen LogP contribution in [0.3, 0.4) is 0 Å². The Kier molecular flexibility index (Phi) is 5.45. The summed E-state index contributed by atoms with van der Waals surface area (Å²) in [5.41, 5.74) is 6.59. The van der Waals surface area contributed by atoms with Crippen LogP contribution in [0.2, 0.25) is 0 Å². The highest BCUT2D eigenvalue weighted by atomic mass is 16.3. The summed E-state index contributed by atoms with van der Waals surface area (Å²) in [7, 11) is 0. The van der Waals surface area contributed by atoms with E-state index in [0.717, 1.165) is 21.9 Å². The van der Waals surface area contributed by atoms with Crippen LogP contribution in [-0.2, 0) is 0 Å². The first-order valence-corrected chi connectivity index (χ1v) is 16.9. The van der Waals surface area contributed by atoms with E-state index < -0.39 is 0 Å². The van der Waals surface area contributed by atoms with E-state index in [2.05, 4.69) is 170 Å². The van der Waals surface area contributed by atoms with Gasteiger partial charge in [-0.1, -0.05) is 133 Å². The van der Waals surface area contributed by atoms with Crippen LogP contribution in [0.15, 0.2) is 174 Å². The number of benzene rings is 10. The fourth-order valence-corrected chi connectivity index (χ4v) is 8.31. The molecular formula is C48H28O. The van der Waals surface area contributed by atoms with E-state index in [9.17, 15) is 0 Å². The average molecular weight is 621 g/mol. The Morgan fingerprint density at radius 2 is 0.449 bits per heavy atom. The predicted molar refractivity (Wildman–Crippen MR) is 210 cm³/mol. The van der Waals surface area contributed by atoms with Gasteiger partial charge in [-0.2, -0.15) is 0 Å². The number of fused-ring (bicyclic) bond motifs is 15. The zero-order valence-electron chi connectivity index (χ0n) is 26.6. The topological polar surface area (TPSA) is 13.1 Å². The second-order valence-electron chi connectivity index (χ2n) is 13.2. The molecular weight excluding hydrogens is 593 g/mol.